The van der Waals surface area contributed by atoms with Gasteiger partial charge in [0.2, 0.25) is 0 Å². The number of hydrogen-bond donors (Lipinski definition) is 0. The number of fused-ring (bicyclic) bond motifs is 3. The maximum Gasteiger partial charge on any atom is 0.416 e. The molecule has 298 valence electrons. The molecule has 0 N–H and O–H groups in total. The van der Waals surface area contributed by atoms with Crippen LogP contribution in [-0.4, -0.2) is 19.5 Å². The van der Waals surface area contributed by atoms with Crippen LogP contribution in [0, 0.1) is 22.7 Å². The molecule has 6 nitrogen and oxygen atoms in total. The summed E-state index contributed by atoms with van der Waals surface area (Å²) in [5.41, 5.74) is 9.36. The van der Waals surface area contributed by atoms with E-state index in [1.54, 1.807) is 12.1 Å². The smallest absolute Gasteiger partial charge is 0.309 e. The quantitative estimate of drug-likeness (QED) is 0.160. The Morgan fingerprint density at radius 3 is 1.30 bits per heavy atom. The Bertz CT molecular complexity index is 3280. The minimum Gasteiger partial charge on any atom is -0.309 e. The fraction of sp³-hybridized carbons (Fsp3) is 0.0185. The predicted octanol–water partition coefficient (Wildman–Crippen LogP) is 13.7. The molecule has 0 fully saturated rings. The van der Waals surface area contributed by atoms with Crippen LogP contribution in [0.1, 0.15) is 16.7 Å². The molecule has 0 spiro atoms. The van der Waals surface area contributed by atoms with Crippen LogP contribution in [0.4, 0.5) is 13.2 Å². The number of nitrogens with zero attached hydrogens (tertiary/aromatic N) is 6. The van der Waals surface area contributed by atoms with Gasteiger partial charge in [0, 0.05) is 33.0 Å². The van der Waals surface area contributed by atoms with Crippen LogP contribution >= 0.6 is 0 Å². The summed E-state index contributed by atoms with van der Waals surface area (Å²) in [5, 5.41) is 21.9. The van der Waals surface area contributed by atoms with E-state index in [-0.39, 0.29) is 0 Å². The first-order valence-corrected chi connectivity index (χ1v) is 20.0. The molecular weight excluding hydrogens is 790 g/mol. The molecule has 0 aliphatic carbocycles. The van der Waals surface area contributed by atoms with Crippen LogP contribution in [-0.2, 0) is 6.18 Å². The fourth-order valence-electron chi connectivity index (χ4n) is 8.16. The minimum absolute atomic E-state index is 0.412. The van der Waals surface area contributed by atoms with E-state index >= 15 is 0 Å². The molecule has 2 heterocycles. The number of benzene rings is 8. The number of halogens is 3. The van der Waals surface area contributed by atoms with Gasteiger partial charge in [-0.05, 0) is 82.4 Å². The molecule has 10 aromatic rings. The Morgan fingerprint density at radius 2 is 0.825 bits per heavy atom. The number of hydrogen-bond acceptors (Lipinski definition) is 5. The van der Waals surface area contributed by atoms with Crippen LogP contribution in [0.3, 0.4) is 0 Å². The molecule has 0 saturated carbocycles. The second-order valence-electron chi connectivity index (χ2n) is 15.0. The molecule has 0 radical (unpaired) electrons. The molecule has 0 unspecified atom stereocenters. The Morgan fingerprint density at radius 1 is 0.397 bits per heavy atom. The average molecular weight is 821 g/mol. The number of rotatable bonds is 7. The third kappa shape index (κ3) is 7.14. The van der Waals surface area contributed by atoms with Gasteiger partial charge in [-0.2, -0.15) is 23.7 Å². The van der Waals surface area contributed by atoms with E-state index in [1.165, 1.54) is 12.1 Å². The van der Waals surface area contributed by atoms with Gasteiger partial charge in [0.25, 0.3) is 0 Å². The second-order valence-corrected chi connectivity index (χ2v) is 15.0. The number of nitriles is 2. The third-order valence-corrected chi connectivity index (χ3v) is 11.2. The molecule has 2 aromatic heterocycles. The van der Waals surface area contributed by atoms with Gasteiger partial charge >= 0.3 is 6.18 Å². The molecule has 0 amide bonds. The first-order chi connectivity index (χ1) is 30.8. The highest BCUT2D eigenvalue weighted by Gasteiger charge is 2.30. The molecule has 0 aliphatic rings. The van der Waals surface area contributed by atoms with Crippen molar-refractivity contribution in [3.05, 3.63) is 205 Å². The summed E-state index contributed by atoms with van der Waals surface area (Å²) in [4.78, 5) is 14.9. The molecule has 63 heavy (non-hydrogen) atoms. The summed E-state index contributed by atoms with van der Waals surface area (Å²) in [6, 6.07) is 61.9. The molecule has 0 bridgehead atoms. The normalized spacial score (nSPS) is 11.4. The van der Waals surface area contributed by atoms with Crippen molar-refractivity contribution in [3.63, 3.8) is 0 Å². The average Bonchev–Trinajstić information content (AvgIpc) is 3.66. The zero-order valence-electron chi connectivity index (χ0n) is 33.2. The van der Waals surface area contributed by atoms with Crippen LogP contribution in [0.5, 0.6) is 0 Å². The monoisotopic (exact) mass is 820 g/mol. The van der Waals surface area contributed by atoms with E-state index in [4.69, 9.17) is 15.0 Å². The van der Waals surface area contributed by atoms with Gasteiger partial charge in [-0.15, -0.1) is 0 Å². The maximum atomic E-state index is 13.9. The van der Waals surface area contributed by atoms with Gasteiger partial charge in [-0.3, -0.25) is 0 Å². The highest BCUT2D eigenvalue weighted by Crippen LogP contribution is 2.42. The van der Waals surface area contributed by atoms with Gasteiger partial charge in [-0.25, -0.2) is 15.0 Å². The van der Waals surface area contributed by atoms with Crippen molar-refractivity contribution < 1.29 is 13.2 Å². The van der Waals surface area contributed by atoms with Gasteiger partial charge in [0.1, 0.15) is 0 Å². The zero-order valence-corrected chi connectivity index (χ0v) is 33.2. The highest BCUT2D eigenvalue weighted by atomic mass is 19.4. The minimum atomic E-state index is -4.51. The molecule has 0 atom stereocenters. The van der Waals surface area contributed by atoms with E-state index in [0.717, 1.165) is 67.3 Å². The Kier molecular flexibility index (Phi) is 9.63. The van der Waals surface area contributed by atoms with Crippen molar-refractivity contribution in [1.82, 2.24) is 19.5 Å². The fourth-order valence-corrected chi connectivity index (χ4v) is 8.16. The zero-order chi connectivity index (χ0) is 43.1. The first-order valence-electron chi connectivity index (χ1n) is 20.0. The summed E-state index contributed by atoms with van der Waals surface area (Å²) in [6.45, 7) is 0. The summed E-state index contributed by atoms with van der Waals surface area (Å²) < 4.78 is 43.7. The standard InChI is InChI=1S/C54H31F3N6/c55-54(56,57)42-24-19-34(20-25-42)45-26-21-39(53-61-51(35-11-3-1-4-12-35)60-52(62-53)36-13-5-2-6-14-36)31-50(45)63-48-27-22-37(43-17-9-7-15-40(43)32-58)29-46(48)47-30-38(23-28-49(47)63)44-18-10-8-16-41(44)33-59/h1-31H. The van der Waals surface area contributed by atoms with Crippen LogP contribution in [0.15, 0.2) is 188 Å². The van der Waals surface area contributed by atoms with E-state index in [1.807, 2.05) is 140 Å². The molecule has 0 saturated heterocycles. The molecular formula is C54H31F3N6. The third-order valence-electron chi connectivity index (χ3n) is 11.2. The van der Waals surface area contributed by atoms with Crippen LogP contribution in [0.25, 0.3) is 95.0 Å². The Labute approximate surface area is 360 Å². The van der Waals surface area contributed by atoms with Gasteiger partial charge in [0.05, 0.1) is 45.5 Å². The molecule has 10 rings (SSSR count). The van der Waals surface area contributed by atoms with Crippen molar-refractivity contribution in [3.8, 4) is 85.4 Å². The predicted molar refractivity (Wildman–Crippen MR) is 241 cm³/mol. The number of alkyl halides is 3. The van der Waals surface area contributed by atoms with Crippen LogP contribution < -0.4 is 0 Å². The van der Waals surface area contributed by atoms with E-state index in [9.17, 15) is 23.7 Å². The van der Waals surface area contributed by atoms with Crippen molar-refractivity contribution in [2.75, 3.05) is 0 Å². The summed E-state index contributed by atoms with van der Waals surface area (Å²) in [7, 11) is 0. The van der Waals surface area contributed by atoms with Gasteiger partial charge < -0.3 is 4.57 Å². The van der Waals surface area contributed by atoms with Gasteiger partial charge in [-0.1, -0.05) is 133 Å². The first kappa shape index (κ1) is 38.5. The van der Waals surface area contributed by atoms with Crippen LogP contribution in [0.2, 0.25) is 0 Å². The maximum absolute atomic E-state index is 13.9. The van der Waals surface area contributed by atoms with Crippen molar-refractivity contribution in [2.24, 2.45) is 0 Å². The number of aromatic nitrogens is 4. The lowest BCUT2D eigenvalue weighted by Gasteiger charge is -2.17. The van der Waals surface area contributed by atoms with Crippen molar-refractivity contribution in [1.29, 1.82) is 10.5 Å². The van der Waals surface area contributed by atoms with E-state index < -0.39 is 11.7 Å². The Hall–Kier alpha value is -8.66. The SMILES string of the molecule is N#Cc1ccccc1-c1ccc2c(c1)c1cc(-c3ccccc3C#N)ccc1n2-c1cc(-c2nc(-c3ccccc3)nc(-c3ccccc3)n2)ccc1-c1ccc(C(F)(F)F)cc1. The second kappa shape index (κ2) is 15.7. The van der Waals surface area contributed by atoms with Gasteiger partial charge in [0.15, 0.2) is 17.5 Å². The van der Waals surface area contributed by atoms with Crippen molar-refractivity contribution in [2.45, 2.75) is 6.18 Å². The largest absolute Gasteiger partial charge is 0.416 e. The van der Waals surface area contributed by atoms with E-state index in [0.29, 0.717) is 51.0 Å². The summed E-state index contributed by atoms with van der Waals surface area (Å²) in [6.07, 6.45) is -4.51. The molecule has 9 heteroatoms. The lowest BCUT2D eigenvalue weighted by Crippen LogP contribution is -2.04. The molecule has 8 aromatic carbocycles. The van der Waals surface area contributed by atoms with E-state index in [2.05, 4.69) is 28.8 Å². The Balaban J connectivity index is 1.27. The molecule has 0 aliphatic heterocycles. The lowest BCUT2D eigenvalue weighted by molar-refractivity contribution is -0.137. The lowest BCUT2D eigenvalue weighted by atomic mass is 9.96. The van der Waals surface area contributed by atoms with Crippen molar-refractivity contribution >= 4 is 21.8 Å². The summed E-state index contributed by atoms with van der Waals surface area (Å²) in [5.74, 6) is 1.38. The topological polar surface area (TPSA) is 91.2 Å². The summed E-state index contributed by atoms with van der Waals surface area (Å²) >= 11 is 0. The highest BCUT2D eigenvalue weighted by molar-refractivity contribution is 6.12.